The van der Waals surface area contributed by atoms with Crippen molar-refractivity contribution in [3.8, 4) is 0 Å². The fraction of sp³-hybridized carbons (Fsp3) is 0.500. The van der Waals surface area contributed by atoms with Crippen molar-refractivity contribution in [1.82, 2.24) is 13.9 Å². The van der Waals surface area contributed by atoms with Crippen LogP contribution in [0.25, 0.3) is 0 Å². The van der Waals surface area contributed by atoms with Gasteiger partial charge in [0, 0.05) is 45.7 Å². The molecule has 1 rings (SSSR count). The first kappa shape index (κ1) is 18.9. The Morgan fingerprint density at radius 1 is 1.18 bits per heavy atom. The van der Waals surface area contributed by atoms with Crippen LogP contribution in [0.5, 0.6) is 0 Å². The molecule has 0 atom stereocenters. The van der Waals surface area contributed by atoms with Crippen molar-refractivity contribution in [2.45, 2.75) is 13.3 Å². The maximum Gasteiger partial charge on any atom is 0.278 e. The van der Waals surface area contributed by atoms with Gasteiger partial charge in [-0.15, -0.1) is 0 Å². The molecular formula is C14H22ClN3O3S. The molecule has 1 amide bonds. The summed E-state index contributed by atoms with van der Waals surface area (Å²) < 4.78 is 26.7. The van der Waals surface area contributed by atoms with Crippen molar-refractivity contribution < 1.29 is 13.2 Å². The SMILES string of the molecule is CC(=O)N(CCNS(=O)(=O)N(C)C)CCc1ccc(Cl)cc1. The molecule has 22 heavy (non-hydrogen) atoms. The molecule has 0 saturated heterocycles. The van der Waals surface area contributed by atoms with Gasteiger partial charge in [0.2, 0.25) is 5.91 Å². The lowest BCUT2D eigenvalue weighted by Gasteiger charge is -2.22. The Balaban J connectivity index is 2.49. The highest BCUT2D eigenvalue weighted by atomic mass is 35.5. The highest BCUT2D eigenvalue weighted by Crippen LogP contribution is 2.10. The Morgan fingerprint density at radius 2 is 1.77 bits per heavy atom. The van der Waals surface area contributed by atoms with E-state index in [1.54, 1.807) is 17.0 Å². The molecular weight excluding hydrogens is 326 g/mol. The van der Waals surface area contributed by atoms with Crippen molar-refractivity contribution in [2.24, 2.45) is 0 Å². The van der Waals surface area contributed by atoms with Crippen LogP contribution in [0, 0.1) is 0 Å². The zero-order valence-corrected chi connectivity index (χ0v) is 14.6. The molecule has 0 heterocycles. The molecule has 0 aliphatic carbocycles. The molecule has 0 fully saturated rings. The van der Waals surface area contributed by atoms with Crippen LogP contribution in [0.3, 0.4) is 0 Å². The fourth-order valence-corrected chi connectivity index (χ4v) is 2.51. The fourth-order valence-electron chi connectivity index (χ4n) is 1.78. The number of carbonyl (C=O) groups is 1. The quantitative estimate of drug-likeness (QED) is 0.766. The summed E-state index contributed by atoms with van der Waals surface area (Å²) >= 11 is 5.83. The van der Waals surface area contributed by atoms with Gasteiger partial charge < -0.3 is 4.90 Å². The van der Waals surface area contributed by atoms with E-state index in [4.69, 9.17) is 11.6 Å². The van der Waals surface area contributed by atoms with Gasteiger partial charge in [-0.3, -0.25) is 4.79 Å². The highest BCUT2D eigenvalue weighted by Gasteiger charge is 2.14. The number of carbonyl (C=O) groups excluding carboxylic acids is 1. The Morgan fingerprint density at radius 3 is 2.27 bits per heavy atom. The average Bonchev–Trinajstić information content (AvgIpc) is 2.43. The van der Waals surface area contributed by atoms with E-state index in [9.17, 15) is 13.2 Å². The van der Waals surface area contributed by atoms with Crippen molar-refractivity contribution in [1.29, 1.82) is 0 Å². The number of benzene rings is 1. The Kier molecular flexibility index (Phi) is 7.28. The monoisotopic (exact) mass is 347 g/mol. The van der Waals surface area contributed by atoms with Crippen LogP contribution >= 0.6 is 11.6 Å². The Hall–Kier alpha value is -1.15. The van der Waals surface area contributed by atoms with Gasteiger partial charge in [-0.1, -0.05) is 23.7 Å². The molecule has 6 nitrogen and oxygen atoms in total. The van der Waals surface area contributed by atoms with Gasteiger partial charge in [-0.2, -0.15) is 12.7 Å². The van der Waals surface area contributed by atoms with Gasteiger partial charge in [0.05, 0.1) is 0 Å². The summed E-state index contributed by atoms with van der Waals surface area (Å²) in [4.78, 5) is 13.2. The van der Waals surface area contributed by atoms with Gasteiger partial charge in [0.25, 0.3) is 10.2 Å². The topological polar surface area (TPSA) is 69.7 Å². The molecule has 0 aliphatic rings. The van der Waals surface area contributed by atoms with Crippen LogP contribution in [0.15, 0.2) is 24.3 Å². The predicted molar refractivity (Wildman–Crippen MR) is 88.0 cm³/mol. The molecule has 0 bridgehead atoms. The summed E-state index contributed by atoms with van der Waals surface area (Å²) in [6, 6.07) is 7.44. The lowest BCUT2D eigenvalue weighted by molar-refractivity contribution is -0.128. The maximum atomic E-state index is 11.6. The van der Waals surface area contributed by atoms with Crippen molar-refractivity contribution in [2.75, 3.05) is 33.7 Å². The van der Waals surface area contributed by atoms with Crippen LogP contribution in [0.2, 0.25) is 5.02 Å². The maximum absolute atomic E-state index is 11.6. The van der Waals surface area contributed by atoms with Crippen LogP contribution in [0.1, 0.15) is 12.5 Å². The van der Waals surface area contributed by atoms with E-state index in [0.717, 1.165) is 9.87 Å². The largest absolute Gasteiger partial charge is 0.341 e. The van der Waals surface area contributed by atoms with E-state index >= 15 is 0 Å². The third-order valence-electron chi connectivity index (χ3n) is 3.18. The van der Waals surface area contributed by atoms with Crippen molar-refractivity contribution in [3.05, 3.63) is 34.9 Å². The number of hydrogen-bond acceptors (Lipinski definition) is 3. The van der Waals surface area contributed by atoms with Gasteiger partial charge in [0.1, 0.15) is 0 Å². The first-order valence-electron chi connectivity index (χ1n) is 6.89. The minimum atomic E-state index is -3.46. The molecule has 1 aromatic carbocycles. The number of nitrogens with zero attached hydrogens (tertiary/aromatic N) is 2. The number of nitrogens with one attached hydrogen (secondary N) is 1. The lowest BCUT2D eigenvalue weighted by Crippen LogP contribution is -2.42. The summed E-state index contributed by atoms with van der Waals surface area (Å²) in [6.07, 6.45) is 0.692. The van der Waals surface area contributed by atoms with E-state index in [1.165, 1.54) is 21.0 Å². The zero-order chi connectivity index (χ0) is 16.8. The highest BCUT2D eigenvalue weighted by molar-refractivity contribution is 7.87. The third kappa shape index (κ3) is 6.31. The molecule has 0 unspecified atom stereocenters. The summed E-state index contributed by atoms with van der Waals surface area (Å²) in [5.74, 6) is -0.0852. The third-order valence-corrected chi connectivity index (χ3v) is 4.96. The Bertz CT molecular complexity index is 588. The molecule has 124 valence electrons. The number of rotatable bonds is 8. The molecule has 0 radical (unpaired) electrons. The van der Waals surface area contributed by atoms with Crippen LogP contribution in [-0.4, -0.2) is 57.3 Å². The van der Waals surface area contributed by atoms with Gasteiger partial charge >= 0.3 is 0 Å². The second kappa shape index (κ2) is 8.47. The van der Waals surface area contributed by atoms with E-state index in [1.807, 2.05) is 12.1 Å². The van der Waals surface area contributed by atoms with Crippen LogP contribution in [-0.2, 0) is 21.4 Å². The standard InChI is InChI=1S/C14H22ClN3O3S/c1-12(19)18(11-9-16-22(20,21)17(2)3)10-8-13-4-6-14(15)7-5-13/h4-7,16H,8-11H2,1-3H3. The van der Waals surface area contributed by atoms with Gasteiger partial charge in [0.15, 0.2) is 0 Å². The first-order valence-corrected chi connectivity index (χ1v) is 8.71. The number of amides is 1. The zero-order valence-electron chi connectivity index (χ0n) is 13.0. The molecule has 0 aromatic heterocycles. The summed E-state index contributed by atoms with van der Waals surface area (Å²) in [5.41, 5.74) is 1.07. The van der Waals surface area contributed by atoms with Crippen molar-refractivity contribution >= 4 is 27.7 Å². The smallest absolute Gasteiger partial charge is 0.278 e. The van der Waals surface area contributed by atoms with Crippen LogP contribution in [0.4, 0.5) is 0 Å². The van der Waals surface area contributed by atoms with Crippen molar-refractivity contribution in [3.63, 3.8) is 0 Å². The molecule has 0 saturated carbocycles. The lowest BCUT2D eigenvalue weighted by atomic mass is 10.1. The summed E-state index contributed by atoms with van der Waals surface area (Å²) in [7, 11) is -0.561. The van der Waals surface area contributed by atoms with E-state index in [-0.39, 0.29) is 12.5 Å². The minimum absolute atomic E-state index is 0.0852. The minimum Gasteiger partial charge on any atom is -0.341 e. The Labute approximate surface area is 137 Å². The molecule has 0 aliphatic heterocycles. The second-order valence-corrected chi connectivity index (χ2v) is 7.47. The number of halogens is 1. The average molecular weight is 348 g/mol. The summed E-state index contributed by atoms with van der Waals surface area (Å²) in [6.45, 7) is 2.51. The normalized spacial score (nSPS) is 11.7. The van der Waals surface area contributed by atoms with E-state index < -0.39 is 10.2 Å². The summed E-state index contributed by atoms with van der Waals surface area (Å²) in [5, 5.41) is 0.672. The number of hydrogen-bond donors (Lipinski definition) is 1. The molecule has 8 heteroatoms. The van der Waals surface area contributed by atoms with Gasteiger partial charge in [-0.25, -0.2) is 4.72 Å². The van der Waals surface area contributed by atoms with E-state index in [0.29, 0.717) is 24.5 Å². The van der Waals surface area contributed by atoms with E-state index in [2.05, 4.69) is 4.72 Å². The first-order chi connectivity index (χ1) is 10.2. The second-order valence-electron chi connectivity index (χ2n) is 5.06. The van der Waals surface area contributed by atoms with Gasteiger partial charge in [-0.05, 0) is 24.1 Å². The molecule has 1 aromatic rings. The molecule has 0 spiro atoms. The molecule has 1 N–H and O–H groups in total. The van der Waals surface area contributed by atoms with Crippen LogP contribution < -0.4 is 4.72 Å². The predicted octanol–water partition coefficient (Wildman–Crippen LogP) is 1.13.